The van der Waals surface area contributed by atoms with Gasteiger partial charge < -0.3 is 0 Å². The second-order valence-corrected chi connectivity index (χ2v) is 5.55. The number of rotatable bonds is 0. The summed E-state index contributed by atoms with van der Waals surface area (Å²) < 4.78 is 0. The van der Waals surface area contributed by atoms with Crippen LogP contribution < -0.4 is 0 Å². The van der Waals surface area contributed by atoms with Crippen LogP contribution in [-0.4, -0.2) is 0 Å². The SMILES string of the molecule is [Ti+2].[c-]1cccc2c1Cc1ccccc1-2.c1ccc2[cH-]ccc2c1. The quantitative estimate of drug-likeness (QED) is 0.256. The third kappa shape index (κ3) is 3.19. The van der Waals surface area contributed by atoms with Gasteiger partial charge in [0.1, 0.15) is 0 Å². The molecule has 1 heteroatoms. The van der Waals surface area contributed by atoms with Crippen molar-refractivity contribution in [1.29, 1.82) is 0 Å². The monoisotopic (exact) mass is 328 g/mol. The molecule has 0 fully saturated rings. The summed E-state index contributed by atoms with van der Waals surface area (Å²) >= 11 is 0. The van der Waals surface area contributed by atoms with Crippen molar-refractivity contribution in [2.75, 3.05) is 0 Å². The molecule has 0 aliphatic heterocycles. The Morgan fingerprint density at radius 3 is 2.48 bits per heavy atom. The molecule has 4 aromatic rings. The van der Waals surface area contributed by atoms with E-state index in [1.54, 1.807) is 0 Å². The summed E-state index contributed by atoms with van der Waals surface area (Å²) in [6.45, 7) is 0. The van der Waals surface area contributed by atoms with Crippen molar-refractivity contribution in [1.82, 2.24) is 0 Å². The molecule has 0 bridgehead atoms. The van der Waals surface area contributed by atoms with Gasteiger partial charge in [0.2, 0.25) is 0 Å². The van der Waals surface area contributed by atoms with E-state index in [-0.39, 0.29) is 21.7 Å². The average molecular weight is 328 g/mol. The van der Waals surface area contributed by atoms with Crippen LogP contribution in [-0.2, 0) is 28.1 Å². The summed E-state index contributed by atoms with van der Waals surface area (Å²) in [6, 6.07) is 32.8. The molecule has 1 aliphatic carbocycles. The largest absolute Gasteiger partial charge is 2.00 e. The molecule has 0 N–H and O–H groups in total. The van der Waals surface area contributed by atoms with Gasteiger partial charge in [-0.3, -0.25) is 0 Å². The summed E-state index contributed by atoms with van der Waals surface area (Å²) in [7, 11) is 0. The Labute approximate surface area is 152 Å². The normalized spacial score (nSPS) is 11.0. The van der Waals surface area contributed by atoms with Crippen molar-refractivity contribution in [2.24, 2.45) is 0 Å². The summed E-state index contributed by atoms with van der Waals surface area (Å²) in [5, 5.41) is 2.66. The fraction of sp³-hybridized carbons (Fsp3) is 0.0455. The summed E-state index contributed by atoms with van der Waals surface area (Å²) in [4.78, 5) is 0. The van der Waals surface area contributed by atoms with E-state index >= 15 is 0 Å². The van der Waals surface area contributed by atoms with Crippen molar-refractivity contribution in [3.8, 4) is 11.1 Å². The first kappa shape index (κ1) is 15.9. The molecule has 0 saturated carbocycles. The fourth-order valence-electron chi connectivity index (χ4n) is 3.07. The van der Waals surface area contributed by atoms with E-state index in [1.165, 1.54) is 33.0 Å². The number of hydrogen-bond acceptors (Lipinski definition) is 0. The zero-order chi connectivity index (χ0) is 14.8. The Morgan fingerprint density at radius 1 is 0.783 bits per heavy atom. The molecule has 0 nitrogen and oxygen atoms in total. The van der Waals surface area contributed by atoms with E-state index in [4.69, 9.17) is 0 Å². The van der Waals surface area contributed by atoms with Crippen molar-refractivity contribution < 1.29 is 21.7 Å². The van der Waals surface area contributed by atoms with Crippen LogP contribution in [0.2, 0.25) is 0 Å². The summed E-state index contributed by atoms with van der Waals surface area (Å²) in [5.74, 6) is 0. The maximum atomic E-state index is 3.30. The molecule has 1 aliphatic rings. The van der Waals surface area contributed by atoms with E-state index in [9.17, 15) is 0 Å². The third-order valence-corrected chi connectivity index (χ3v) is 4.16. The van der Waals surface area contributed by atoms with Crippen LogP contribution in [0, 0.1) is 6.07 Å². The van der Waals surface area contributed by atoms with Gasteiger partial charge in [-0.2, -0.15) is 47.3 Å². The van der Waals surface area contributed by atoms with Gasteiger partial charge in [-0.15, -0.1) is 35.2 Å². The van der Waals surface area contributed by atoms with Crippen LogP contribution in [0.3, 0.4) is 0 Å². The van der Waals surface area contributed by atoms with Crippen molar-refractivity contribution in [2.45, 2.75) is 6.42 Å². The minimum Gasteiger partial charge on any atom is -0.179 e. The van der Waals surface area contributed by atoms with Crippen LogP contribution in [0.4, 0.5) is 0 Å². The Kier molecular flexibility index (Phi) is 4.86. The number of hydrogen-bond donors (Lipinski definition) is 0. The minimum absolute atomic E-state index is 0. The molecule has 0 amide bonds. The number of fused-ring (bicyclic) bond motifs is 4. The second-order valence-electron chi connectivity index (χ2n) is 5.55. The molecule has 0 unspecified atom stereocenters. The van der Waals surface area contributed by atoms with Gasteiger partial charge in [-0.1, -0.05) is 41.5 Å². The molecule has 23 heavy (non-hydrogen) atoms. The first-order valence-electron chi connectivity index (χ1n) is 7.60. The van der Waals surface area contributed by atoms with Crippen LogP contribution in [0.1, 0.15) is 11.1 Å². The van der Waals surface area contributed by atoms with Gasteiger partial charge in [0.15, 0.2) is 0 Å². The third-order valence-electron chi connectivity index (χ3n) is 4.16. The van der Waals surface area contributed by atoms with Crippen molar-refractivity contribution in [3.63, 3.8) is 0 Å². The Hall–Kier alpha value is -2.02. The Bertz CT molecular complexity index is 844. The Morgan fingerprint density at radius 2 is 1.57 bits per heavy atom. The van der Waals surface area contributed by atoms with Gasteiger partial charge in [-0.25, -0.2) is 0 Å². The van der Waals surface area contributed by atoms with Crippen molar-refractivity contribution >= 4 is 10.8 Å². The van der Waals surface area contributed by atoms with E-state index in [0.717, 1.165) is 6.42 Å². The van der Waals surface area contributed by atoms with Crippen LogP contribution in [0.25, 0.3) is 21.9 Å². The number of benzene rings is 3. The van der Waals surface area contributed by atoms with Gasteiger partial charge >= 0.3 is 21.7 Å². The first-order valence-corrected chi connectivity index (χ1v) is 7.60. The van der Waals surface area contributed by atoms with E-state index in [0.29, 0.717) is 0 Å². The van der Waals surface area contributed by atoms with E-state index in [2.05, 4.69) is 84.9 Å². The minimum atomic E-state index is 0. The molecular weight excluding hydrogens is 312 g/mol. The molecule has 0 heterocycles. The molecule has 0 saturated heterocycles. The zero-order valence-electron chi connectivity index (χ0n) is 12.8. The molecule has 0 spiro atoms. The van der Waals surface area contributed by atoms with Crippen molar-refractivity contribution in [3.05, 3.63) is 102 Å². The average Bonchev–Trinajstić information content (AvgIpc) is 3.19. The predicted molar refractivity (Wildman–Crippen MR) is 93.1 cm³/mol. The van der Waals surface area contributed by atoms with Crippen LogP contribution in [0.15, 0.2) is 84.9 Å². The summed E-state index contributed by atoms with van der Waals surface area (Å²) in [6.07, 6.45) is 1.05. The maximum absolute atomic E-state index is 3.30. The smallest absolute Gasteiger partial charge is 0.179 e. The van der Waals surface area contributed by atoms with Crippen LogP contribution in [0.5, 0.6) is 0 Å². The van der Waals surface area contributed by atoms with Gasteiger partial charge in [-0.05, 0) is 6.42 Å². The molecule has 4 aromatic carbocycles. The molecule has 0 radical (unpaired) electrons. The first-order chi connectivity index (χ1) is 10.9. The molecule has 0 atom stereocenters. The molecule has 5 rings (SSSR count). The standard InChI is InChI=1S/C13H9.C9H7.Ti/c1-3-7-12-10(5-1)9-11-6-2-4-8-13(11)12;1-2-5-9-7-3-6-8(9)4-1;/h1-5,7-8H,9H2;1-7H;/q2*-1;+2. The molecular formula is C22H16Ti. The summed E-state index contributed by atoms with van der Waals surface area (Å²) in [5.41, 5.74) is 5.51. The van der Waals surface area contributed by atoms with Gasteiger partial charge in [0.05, 0.1) is 0 Å². The predicted octanol–water partition coefficient (Wildman–Crippen LogP) is 5.61. The topological polar surface area (TPSA) is 0 Å². The fourth-order valence-corrected chi connectivity index (χ4v) is 3.07. The maximum Gasteiger partial charge on any atom is 2.00 e. The second kappa shape index (κ2) is 7.04. The van der Waals surface area contributed by atoms with Gasteiger partial charge in [0.25, 0.3) is 0 Å². The van der Waals surface area contributed by atoms with E-state index in [1.807, 2.05) is 6.07 Å². The van der Waals surface area contributed by atoms with Gasteiger partial charge in [0, 0.05) is 0 Å². The Balaban J connectivity index is 0.000000138. The van der Waals surface area contributed by atoms with E-state index < -0.39 is 0 Å². The zero-order valence-corrected chi connectivity index (χ0v) is 14.4. The van der Waals surface area contributed by atoms with Crippen LogP contribution >= 0.6 is 0 Å². The molecule has 0 aromatic heterocycles. The molecule has 108 valence electrons.